The summed E-state index contributed by atoms with van der Waals surface area (Å²) >= 11 is 0. The highest BCUT2D eigenvalue weighted by Crippen LogP contribution is 2.28. The number of aromatic nitrogens is 3. The Morgan fingerprint density at radius 1 is 1.16 bits per heavy atom. The predicted molar refractivity (Wildman–Crippen MR) is 133 cm³/mol. The molecule has 0 atom stereocenters. The number of carbonyl (C=O) groups is 1. The number of aryl methyl sites for hydroxylation is 1. The van der Waals surface area contributed by atoms with Crippen LogP contribution in [0.2, 0.25) is 0 Å². The third-order valence-corrected chi connectivity index (χ3v) is 4.98. The van der Waals surface area contributed by atoms with Crippen molar-refractivity contribution >= 4 is 47.4 Å². The molecule has 1 aromatic carbocycles. The number of nitrogens with one attached hydrogen (secondary N) is 1. The van der Waals surface area contributed by atoms with Crippen molar-refractivity contribution in [1.29, 1.82) is 0 Å². The third kappa shape index (κ3) is 5.89. The van der Waals surface area contributed by atoms with Gasteiger partial charge in [0.15, 0.2) is 5.65 Å². The zero-order valence-corrected chi connectivity index (χ0v) is 20.7. The van der Waals surface area contributed by atoms with Gasteiger partial charge in [0.25, 0.3) is 5.91 Å². The largest absolute Gasteiger partial charge is 0.399 e. The fourth-order valence-corrected chi connectivity index (χ4v) is 3.35. The van der Waals surface area contributed by atoms with E-state index in [1.165, 1.54) is 0 Å². The van der Waals surface area contributed by atoms with E-state index in [0.717, 1.165) is 40.1 Å². The zero-order valence-electron chi connectivity index (χ0n) is 19.0. The van der Waals surface area contributed by atoms with Crippen molar-refractivity contribution in [3.05, 3.63) is 52.8 Å². The maximum Gasteiger partial charge on any atom is 0.252 e. The van der Waals surface area contributed by atoms with Gasteiger partial charge < -0.3 is 11.1 Å². The van der Waals surface area contributed by atoms with Crippen LogP contribution in [-0.4, -0.2) is 27.2 Å². The van der Waals surface area contributed by atoms with Gasteiger partial charge >= 0.3 is 0 Å². The van der Waals surface area contributed by atoms with E-state index in [1.807, 2.05) is 41.9 Å². The van der Waals surface area contributed by atoms with Crippen LogP contribution in [-0.2, 0) is 12.0 Å². The summed E-state index contributed by atoms with van der Waals surface area (Å²) in [6.07, 6.45) is 0.748. The van der Waals surface area contributed by atoms with E-state index in [-0.39, 0.29) is 42.2 Å². The minimum absolute atomic E-state index is 0. The first kappa shape index (κ1) is 26.7. The number of nitrogens with two attached hydrogens (primary N) is 1. The molecule has 0 bridgehead atoms. The van der Waals surface area contributed by atoms with Gasteiger partial charge in [0, 0.05) is 17.9 Å². The Kier molecular flexibility index (Phi) is 8.91. The lowest BCUT2D eigenvalue weighted by Crippen LogP contribution is -2.27. The van der Waals surface area contributed by atoms with Crippen LogP contribution in [0.3, 0.4) is 0 Å². The summed E-state index contributed by atoms with van der Waals surface area (Å²) in [5.41, 5.74) is 10.5. The number of pyridine rings is 1. The molecule has 0 spiro atoms. The van der Waals surface area contributed by atoms with Gasteiger partial charge in [-0.15, -0.1) is 24.8 Å². The molecular weight excluding hydrogens is 433 g/mol. The summed E-state index contributed by atoms with van der Waals surface area (Å²) in [6.45, 7) is 12.9. The highest BCUT2D eigenvalue weighted by Gasteiger charge is 2.25. The summed E-state index contributed by atoms with van der Waals surface area (Å²) in [5, 5.41) is 8.59. The number of fused-ring (bicyclic) bond motifs is 1. The van der Waals surface area contributed by atoms with E-state index >= 15 is 0 Å². The first-order valence-electron chi connectivity index (χ1n) is 10.1. The summed E-state index contributed by atoms with van der Waals surface area (Å²) < 4.78 is 1.93. The number of amides is 1. The molecule has 6 nitrogen and oxygen atoms in total. The molecule has 0 aliphatic carbocycles. The van der Waals surface area contributed by atoms with Crippen LogP contribution >= 0.6 is 24.8 Å². The number of benzene rings is 1. The minimum Gasteiger partial charge on any atom is -0.399 e. The van der Waals surface area contributed by atoms with Crippen molar-refractivity contribution in [2.45, 2.75) is 59.4 Å². The molecule has 31 heavy (non-hydrogen) atoms. The minimum atomic E-state index is -0.224. The Balaban J connectivity index is 0.00000240. The molecule has 1 amide bonds. The van der Waals surface area contributed by atoms with Crippen LogP contribution in [0.5, 0.6) is 0 Å². The number of hydrogen-bond donors (Lipinski definition) is 2. The van der Waals surface area contributed by atoms with E-state index in [2.05, 4.69) is 39.9 Å². The quantitative estimate of drug-likeness (QED) is 0.518. The second-order valence-corrected chi connectivity index (χ2v) is 8.86. The summed E-state index contributed by atoms with van der Waals surface area (Å²) in [5.74, 6) is 0.121. The normalized spacial score (nSPS) is 11.2. The molecule has 2 aromatic heterocycles. The van der Waals surface area contributed by atoms with Crippen molar-refractivity contribution in [3.63, 3.8) is 0 Å². The van der Waals surface area contributed by atoms with E-state index in [9.17, 15) is 4.79 Å². The van der Waals surface area contributed by atoms with Crippen LogP contribution < -0.4 is 11.1 Å². The molecule has 0 saturated heterocycles. The Morgan fingerprint density at radius 2 is 1.77 bits per heavy atom. The highest BCUT2D eigenvalue weighted by atomic mass is 35.5. The number of rotatable bonds is 5. The van der Waals surface area contributed by atoms with Crippen molar-refractivity contribution in [2.24, 2.45) is 0 Å². The SMILES string of the molecule is Cc1nn(C(C)(C)C)c2nc(C(C)C)cc(C(=O)NCCc3ccc(N)cc3)c12.Cl.Cl. The molecule has 3 rings (SSSR count). The fourth-order valence-electron chi connectivity index (χ4n) is 3.35. The van der Waals surface area contributed by atoms with Gasteiger partial charge in [-0.05, 0) is 63.8 Å². The van der Waals surface area contributed by atoms with Crippen LogP contribution in [0.4, 0.5) is 5.69 Å². The Labute approximate surface area is 196 Å². The van der Waals surface area contributed by atoms with Crippen molar-refractivity contribution < 1.29 is 4.79 Å². The predicted octanol–water partition coefficient (Wildman–Crippen LogP) is 5.02. The summed E-state index contributed by atoms with van der Waals surface area (Å²) in [7, 11) is 0. The van der Waals surface area contributed by atoms with Gasteiger partial charge in [0.1, 0.15) is 0 Å². The number of halogens is 2. The lowest BCUT2D eigenvalue weighted by Gasteiger charge is -2.20. The molecule has 0 aliphatic rings. The Morgan fingerprint density at radius 3 is 2.32 bits per heavy atom. The second-order valence-electron chi connectivity index (χ2n) is 8.86. The number of carbonyl (C=O) groups excluding carboxylic acids is 1. The zero-order chi connectivity index (χ0) is 21.3. The van der Waals surface area contributed by atoms with E-state index < -0.39 is 0 Å². The van der Waals surface area contributed by atoms with Crippen LogP contribution in [0.25, 0.3) is 11.0 Å². The molecule has 0 saturated carbocycles. The van der Waals surface area contributed by atoms with Gasteiger partial charge in [0.2, 0.25) is 0 Å². The van der Waals surface area contributed by atoms with Crippen LogP contribution in [0.1, 0.15) is 67.8 Å². The summed E-state index contributed by atoms with van der Waals surface area (Å²) in [4.78, 5) is 17.9. The van der Waals surface area contributed by atoms with Gasteiger partial charge in [-0.1, -0.05) is 26.0 Å². The van der Waals surface area contributed by atoms with Gasteiger partial charge in [-0.25, -0.2) is 9.67 Å². The molecule has 170 valence electrons. The number of anilines is 1. The standard InChI is InChI=1S/C23H31N5O.2ClH/c1-14(2)19-13-18(20-15(3)27-28(21(20)26-19)23(4,5)6)22(29)25-12-11-16-7-9-17(24)10-8-16;;/h7-10,13-14H,11-12,24H2,1-6H3,(H,25,29);2*1H. The van der Waals surface area contributed by atoms with Crippen LogP contribution in [0.15, 0.2) is 30.3 Å². The van der Waals surface area contributed by atoms with E-state index in [1.54, 1.807) is 0 Å². The summed E-state index contributed by atoms with van der Waals surface area (Å²) in [6, 6.07) is 9.64. The molecule has 0 aliphatic heterocycles. The van der Waals surface area contributed by atoms with E-state index in [4.69, 9.17) is 15.8 Å². The lowest BCUT2D eigenvalue weighted by molar-refractivity contribution is 0.0955. The molecule has 2 heterocycles. The fraction of sp³-hybridized carbons (Fsp3) is 0.435. The topological polar surface area (TPSA) is 85.8 Å². The number of nitrogen functional groups attached to an aromatic ring is 1. The first-order chi connectivity index (χ1) is 13.6. The van der Waals surface area contributed by atoms with Crippen molar-refractivity contribution in [3.8, 4) is 0 Å². The van der Waals surface area contributed by atoms with Gasteiger partial charge in [-0.2, -0.15) is 5.10 Å². The second kappa shape index (κ2) is 10.3. The van der Waals surface area contributed by atoms with Crippen LogP contribution in [0, 0.1) is 6.92 Å². The number of nitrogens with zero attached hydrogens (tertiary/aromatic N) is 3. The third-order valence-electron chi connectivity index (χ3n) is 4.98. The maximum atomic E-state index is 13.1. The average molecular weight is 466 g/mol. The first-order valence-corrected chi connectivity index (χ1v) is 10.1. The molecule has 3 aromatic rings. The van der Waals surface area contributed by atoms with Gasteiger partial charge in [-0.3, -0.25) is 4.79 Å². The highest BCUT2D eigenvalue weighted by molar-refractivity contribution is 6.06. The Hall–Kier alpha value is -2.31. The maximum absolute atomic E-state index is 13.1. The molecule has 0 unspecified atom stereocenters. The number of hydrogen-bond acceptors (Lipinski definition) is 4. The monoisotopic (exact) mass is 465 g/mol. The Bertz CT molecular complexity index is 1040. The molecular formula is C23H33Cl2N5O. The van der Waals surface area contributed by atoms with Crippen molar-refractivity contribution in [1.82, 2.24) is 20.1 Å². The van der Waals surface area contributed by atoms with Gasteiger partial charge in [0.05, 0.1) is 22.2 Å². The molecule has 0 fully saturated rings. The average Bonchev–Trinajstić information content (AvgIpc) is 2.99. The smallest absolute Gasteiger partial charge is 0.252 e. The molecule has 3 N–H and O–H groups in total. The van der Waals surface area contributed by atoms with Crippen molar-refractivity contribution in [2.75, 3.05) is 12.3 Å². The van der Waals surface area contributed by atoms with E-state index in [0.29, 0.717) is 12.1 Å². The molecule has 8 heteroatoms. The molecule has 0 radical (unpaired) electrons. The lowest BCUT2D eigenvalue weighted by atomic mass is 10.0.